The summed E-state index contributed by atoms with van der Waals surface area (Å²) in [5.74, 6) is 1.37. The molecule has 2 aliphatic rings. The van der Waals surface area contributed by atoms with Crippen LogP contribution in [0.2, 0.25) is 0 Å². The van der Waals surface area contributed by atoms with Crippen molar-refractivity contribution in [2.75, 3.05) is 17.4 Å². The summed E-state index contributed by atoms with van der Waals surface area (Å²) in [5, 5.41) is -0.191. The predicted octanol–water partition coefficient (Wildman–Crippen LogP) is 3.33. The second-order valence-electron chi connectivity index (χ2n) is 5.02. The molecule has 4 nitrogen and oxygen atoms in total. The Morgan fingerprint density at radius 3 is 2.86 bits per heavy atom. The molecule has 2 aromatic rings. The minimum Gasteiger partial charge on any atom is -0.454 e. The molecule has 22 heavy (non-hydrogen) atoms. The van der Waals surface area contributed by atoms with Gasteiger partial charge in [0, 0.05) is 5.69 Å². The minimum atomic E-state index is -0.355. The molecule has 112 valence electrons. The van der Waals surface area contributed by atoms with Crippen LogP contribution in [0, 0.1) is 5.82 Å². The molecule has 6 heteroatoms. The average molecular weight is 317 g/mol. The van der Waals surface area contributed by atoms with Crippen LogP contribution in [0.1, 0.15) is 10.9 Å². The van der Waals surface area contributed by atoms with Crippen LogP contribution < -0.4 is 14.4 Å². The molecule has 0 bridgehead atoms. The molecule has 4 rings (SSSR count). The molecule has 0 aromatic heterocycles. The summed E-state index contributed by atoms with van der Waals surface area (Å²) in [5.41, 5.74) is 1.50. The number of hydrogen-bond acceptors (Lipinski definition) is 4. The maximum Gasteiger partial charge on any atom is 0.238 e. The Bertz CT molecular complexity index is 752. The molecule has 0 saturated carbocycles. The molecule has 0 N–H and O–H groups in total. The number of thioether (sulfide) groups is 1. The van der Waals surface area contributed by atoms with Gasteiger partial charge in [0.15, 0.2) is 11.5 Å². The molecule has 2 aliphatic heterocycles. The van der Waals surface area contributed by atoms with Crippen molar-refractivity contribution in [3.63, 3.8) is 0 Å². The van der Waals surface area contributed by atoms with Crippen molar-refractivity contribution >= 4 is 23.4 Å². The summed E-state index contributed by atoms with van der Waals surface area (Å²) in [4.78, 5) is 13.9. The molecule has 0 aliphatic carbocycles. The van der Waals surface area contributed by atoms with E-state index in [0.717, 1.165) is 5.56 Å². The Hall–Kier alpha value is -2.21. The van der Waals surface area contributed by atoms with E-state index in [0.29, 0.717) is 22.9 Å². The fourth-order valence-electron chi connectivity index (χ4n) is 2.64. The van der Waals surface area contributed by atoms with Gasteiger partial charge in [-0.15, -0.1) is 11.8 Å². The van der Waals surface area contributed by atoms with Crippen molar-refractivity contribution in [3.8, 4) is 11.5 Å². The van der Waals surface area contributed by atoms with Gasteiger partial charge in [0.1, 0.15) is 11.2 Å². The Kier molecular flexibility index (Phi) is 3.18. The molecule has 2 heterocycles. The number of nitrogens with zero attached hydrogens (tertiary/aromatic N) is 1. The first-order valence-electron chi connectivity index (χ1n) is 6.81. The van der Waals surface area contributed by atoms with Crippen molar-refractivity contribution in [2.24, 2.45) is 0 Å². The Morgan fingerprint density at radius 1 is 1.14 bits per heavy atom. The minimum absolute atomic E-state index is 0.0294. The second kappa shape index (κ2) is 5.21. The van der Waals surface area contributed by atoms with Gasteiger partial charge in [-0.25, -0.2) is 4.39 Å². The highest BCUT2D eigenvalue weighted by Gasteiger charge is 2.35. The third-order valence-corrected chi connectivity index (χ3v) is 4.85. The van der Waals surface area contributed by atoms with E-state index >= 15 is 0 Å². The highest BCUT2D eigenvalue weighted by Crippen LogP contribution is 2.44. The van der Waals surface area contributed by atoms with Gasteiger partial charge in [0.05, 0.1) is 5.75 Å². The lowest BCUT2D eigenvalue weighted by atomic mass is 10.1. The van der Waals surface area contributed by atoms with Gasteiger partial charge >= 0.3 is 0 Å². The molecule has 0 spiro atoms. The van der Waals surface area contributed by atoms with E-state index in [1.165, 1.54) is 23.9 Å². The molecule has 1 fully saturated rings. The summed E-state index contributed by atoms with van der Waals surface area (Å²) in [6, 6.07) is 11.7. The average Bonchev–Trinajstić information content (AvgIpc) is 3.12. The van der Waals surface area contributed by atoms with Crippen molar-refractivity contribution in [1.29, 1.82) is 0 Å². The zero-order valence-corrected chi connectivity index (χ0v) is 12.3. The zero-order valence-electron chi connectivity index (χ0n) is 11.5. The van der Waals surface area contributed by atoms with Gasteiger partial charge in [-0.1, -0.05) is 12.1 Å². The lowest BCUT2D eigenvalue weighted by molar-refractivity contribution is -0.115. The Balaban J connectivity index is 1.72. The number of rotatable bonds is 2. The number of carbonyl (C=O) groups is 1. The summed E-state index contributed by atoms with van der Waals surface area (Å²) in [6.07, 6.45) is 0. The standard InChI is InChI=1S/C16H12FNO3S/c17-11-2-1-3-12(7-11)18-15(19)8-22-16(18)10-4-5-13-14(6-10)21-9-20-13/h1-7,16H,8-9H2. The van der Waals surface area contributed by atoms with Gasteiger partial charge in [-0.3, -0.25) is 9.69 Å². The van der Waals surface area contributed by atoms with Crippen molar-refractivity contribution in [2.45, 2.75) is 5.37 Å². The van der Waals surface area contributed by atoms with Crippen LogP contribution >= 0.6 is 11.8 Å². The third kappa shape index (κ3) is 2.20. The van der Waals surface area contributed by atoms with Gasteiger partial charge in [0.25, 0.3) is 0 Å². The number of fused-ring (bicyclic) bond motifs is 1. The summed E-state index contributed by atoms with van der Waals surface area (Å²) in [7, 11) is 0. The summed E-state index contributed by atoms with van der Waals surface area (Å²) < 4.78 is 24.2. The number of halogens is 1. The smallest absolute Gasteiger partial charge is 0.238 e. The molecular formula is C16H12FNO3S. The first kappa shape index (κ1) is 13.5. The Labute approximate surface area is 130 Å². The van der Waals surface area contributed by atoms with Crippen LogP contribution in [-0.4, -0.2) is 18.5 Å². The molecule has 1 atom stereocenters. The number of anilines is 1. The lowest BCUT2D eigenvalue weighted by Gasteiger charge is -2.24. The predicted molar refractivity (Wildman–Crippen MR) is 81.7 cm³/mol. The van der Waals surface area contributed by atoms with Crippen molar-refractivity contribution in [1.82, 2.24) is 0 Å². The monoisotopic (exact) mass is 317 g/mol. The van der Waals surface area contributed by atoms with E-state index < -0.39 is 0 Å². The van der Waals surface area contributed by atoms with Crippen LogP contribution in [0.15, 0.2) is 42.5 Å². The lowest BCUT2D eigenvalue weighted by Crippen LogP contribution is -2.27. The van der Waals surface area contributed by atoms with E-state index in [9.17, 15) is 9.18 Å². The molecule has 0 radical (unpaired) electrons. The second-order valence-corrected chi connectivity index (χ2v) is 6.09. The quantitative estimate of drug-likeness (QED) is 0.851. The number of hydrogen-bond donors (Lipinski definition) is 0. The topological polar surface area (TPSA) is 38.8 Å². The number of carbonyl (C=O) groups excluding carboxylic acids is 1. The van der Waals surface area contributed by atoms with Gasteiger partial charge < -0.3 is 9.47 Å². The Morgan fingerprint density at radius 2 is 2.00 bits per heavy atom. The molecule has 1 saturated heterocycles. The maximum absolute atomic E-state index is 13.5. The first-order chi connectivity index (χ1) is 10.7. The first-order valence-corrected chi connectivity index (χ1v) is 7.86. The normalized spacial score (nSPS) is 19.8. The van der Waals surface area contributed by atoms with Gasteiger partial charge in [-0.05, 0) is 35.9 Å². The van der Waals surface area contributed by atoms with E-state index in [1.807, 2.05) is 18.2 Å². The number of ether oxygens (including phenoxy) is 2. The van der Waals surface area contributed by atoms with Crippen molar-refractivity contribution in [3.05, 3.63) is 53.8 Å². The third-order valence-electron chi connectivity index (χ3n) is 3.64. The van der Waals surface area contributed by atoms with Crippen LogP contribution in [-0.2, 0) is 4.79 Å². The van der Waals surface area contributed by atoms with E-state index in [2.05, 4.69) is 0 Å². The van der Waals surface area contributed by atoms with E-state index in [4.69, 9.17) is 9.47 Å². The fourth-order valence-corrected chi connectivity index (χ4v) is 3.81. The number of benzene rings is 2. The van der Waals surface area contributed by atoms with E-state index in [1.54, 1.807) is 17.0 Å². The molecule has 2 aromatic carbocycles. The van der Waals surface area contributed by atoms with Crippen LogP contribution in [0.5, 0.6) is 11.5 Å². The summed E-state index contributed by atoms with van der Waals surface area (Å²) >= 11 is 1.52. The number of amides is 1. The molecule has 1 amide bonds. The molecular weight excluding hydrogens is 305 g/mol. The van der Waals surface area contributed by atoms with Crippen LogP contribution in [0.25, 0.3) is 0 Å². The maximum atomic E-state index is 13.5. The highest BCUT2D eigenvalue weighted by molar-refractivity contribution is 8.00. The highest BCUT2D eigenvalue weighted by atomic mass is 32.2. The largest absolute Gasteiger partial charge is 0.454 e. The van der Waals surface area contributed by atoms with Crippen LogP contribution in [0.4, 0.5) is 10.1 Å². The fraction of sp³-hybridized carbons (Fsp3) is 0.188. The van der Waals surface area contributed by atoms with Gasteiger partial charge in [-0.2, -0.15) is 0 Å². The van der Waals surface area contributed by atoms with E-state index in [-0.39, 0.29) is 23.9 Å². The van der Waals surface area contributed by atoms with Crippen molar-refractivity contribution < 1.29 is 18.7 Å². The van der Waals surface area contributed by atoms with Crippen LogP contribution in [0.3, 0.4) is 0 Å². The SMILES string of the molecule is O=C1CSC(c2ccc3c(c2)OCO3)N1c1cccc(F)c1. The zero-order chi connectivity index (χ0) is 15.1. The summed E-state index contributed by atoms with van der Waals surface area (Å²) in [6.45, 7) is 0.211. The molecule has 1 unspecified atom stereocenters. The van der Waals surface area contributed by atoms with Gasteiger partial charge in [0.2, 0.25) is 12.7 Å².